The number of carboxylic acids is 4. The van der Waals surface area contributed by atoms with Crippen LogP contribution in [-0.2, 0) is 28.8 Å². The van der Waals surface area contributed by atoms with Crippen LogP contribution in [0.25, 0.3) is 0 Å². The molecule has 0 aromatic rings. The third-order valence-electron chi connectivity index (χ3n) is 12.0. The number of amides is 2. The number of carbonyl (C=O) groups excluding carboxylic acids is 2. The van der Waals surface area contributed by atoms with Gasteiger partial charge in [-0.25, -0.2) is 9.59 Å². The van der Waals surface area contributed by atoms with E-state index in [-0.39, 0.29) is 11.5 Å². The first-order valence-corrected chi connectivity index (χ1v) is 26.1. The Hall–Kier alpha value is -4.04. The van der Waals surface area contributed by atoms with Crippen molar-refractivity contribution in [2.45, 2.75) is 170 Å². The monoisotopic (exact) mass is 959 g/mol. The van der Waals surface area contributed by atoms with Crippen LogP contribution in [0.4, 0.5) is 0 Å². The number of carbonyl (C=O) groups is 6. The van der Waals surface area contributed by atoms with Gasteiger partial charge in [0.1, 0.15) is 12.1 Å². The predicted octanol–water partition coefficient (Wildman–Crippen LogP) is 11.2. The van der Waals surface area contributed by atoms with Gasteiger partial charge < -0.3 is 31.1 Å². The highest BCUT2D eigenvalue weighted by Gasteiger charge is 2.38. The molecule has 2 fully saturated rings. The molecule has 0 spiro atoms. The van der Waals surface area contributed by atoms with Crippen molar-refractivity contribution in [1.82, 2.24) is 10.6 Å². The number of thioether (sulfide) groups is 2. The number of nitrogens with one attached hydrogen (secondary N) is 2. The first-order valence-electron chi connectivity index (χ1n) is 23.8. The Morgan fingerprint density at radius 1 is 0.455 bits per heavy atom. The largest absolute Gasteiger partial charge is 0.481 e. The maximum absolute atomic E-state index is 12.6. The van der Waals surface area contributed by atoms with Gasteiger partial charge in [0.05, 0.1) is 23.7 Å². The van der Waals surface area contributed by atoms with Gasteiger partial charge >= 0.3 is 23.9 Å². The average Bonchev–Trinajstić information content (AvgIpc) is 3.25. The van der Waals surface area contributed by atoms with E-state index in [1.807, 2.05) is 0 Å². The summed E-state index contributed by atoms with van der Waals surface area (Å²) in [6, 6.07) is -2.03. The standard InChI is InChI=1S/2C26H41NO5S/c2*1-18(2)9-7-10-19(3)11-8-12-20(4)15-16-33-17-23(26(31)32)27-24(28)21-13-5-6-14-22(21)25(29)30/h2*9,11,15,21-23H,5-8,10,12-14,16-17H2,1-4H3,(H,27,28)(H,29,30)(H,31,32)/b2*19-11+,20-15+/t21-,22+,23+;21-,22+,23-/m10/s1. The zero-order chi connectivity index (χ0) is 49.6. The lowest BCUT2D eigenvalue weighted by atomic mass is 9.78. The topological polar surface area (TPSA) is 207 Å². The van der Waals surface area contributed by atoms with Crippen LogP contribution in [0.5, 0.6) is 0 Å². The van der Waals surface area contributed by atoms with E-state index in [0.29, 0.717) is 37.2 Å². The minimum absolute atomic E-state index is 0.249. The summed E-state index contributed by atoms with van der Waals surface area (Å²) >= 11 is 2.91. The number of aliphatic carboxylic acids is 4. The molecule has 2 amide bonds. The van der Waals surface area contributed by atoms with Crippen molar-refractivity contribution < 1.29 is 49.2 Å². The van der Waals surface area contributed by atoms with Gasteiger partial charge in [-0.1, -0.05) is 95.6 Å². The van der Waals surface area contributed by atoms with Crippen LogP contribution in [0.1, 0.15) is 158 Å². The van der Waals surface area contributed by atoms with Crippen LogP contribution >= 0.6 is 23.5 Å². The van der Waals surface area contributed by atoms with Crippen LogP contribution in [0.3, 0.4) is 0 Å². The SMILES string of the molecule is CC(C)=CCC/C(C)=C/CC/C(C)=C/CSC[C@H](NC(=O)[C@@H]1CCCC[C@@H]1C(=O)O)C(=O)O.CC(C)=CCC/C(C)=C/CC/C(C)=C/CSC[C@H](NC(=O)[C@H]1CCCC[C@H]1C(=O)O)C(=O)O. The Morgan fingerprint density at radius 2 is 0.742 bits per heavy atom. The number of rotatable bonds is 28. The third-order valence-corrected chi connectivity index (χ3v) is 13.9. The zero-order valence-electron chi connectivity index (χ0n) is 41.1. The Bertz CT molecular complexity index is 1630. The number of hydrogen-bond acceptors (Lipinski definition) is 8. The van der Waals surface area contributed by atoms with E-state index in [2.05, 4.69) is 102 Å². The third kappa shape index (κ3) is 26.9. The van der Waals surface area contributed by atoms with Gasteiger partial charge in [-0.2, -0.15) is 23.5 Å². The molecular weight excluding hydrogens is 877 g/mol. The maximum atomic E-state index is 12.6. The van der Waals surface area contributed by atoms with Gasteiger partial charge in [0.2, 0.25) is 11.8 Å². The minimum atomic E-state index is -1.09. The van der Waals surface area contributed by atoms with Crippen LogP contribution in [-0.4, -0.2) is 91.2 Å². The smallest absolute Gasteiger partial charge is 0.327 e. The van der Waals surface area contributed by atoms with Crippen molar-refractivity contribution in [1.29, 1.82) is 0 Å². The van der Waals surface area contributed by atoms with Crippen LogP contribution in [0.2, 0.25) is 0 Å². The molecule has 372 valence electrons. The molecule has 0 saturated heterocycles. The second-order valence-electron chi connectivity index (χ2n) is 18.5. The van der Waals surface area contributed by atoms with Crippen LogP contribution in [0, 0.1) is 23.7 Å². The fourth-order valence-corrected chi connectivity index (χ4v) is 9.84. The molecule has 12 nitrogen and oxygen atoms in total. The summed E-state index contributed by atoms with van der Waals surface area (Å²) in [5, 5.41) is 42.9. The lowest BCUT2D eigenvalue weighted by Crippen LogP contribution is -2.48. The van der Waals surface area contributed by atoms with Gasteiger partial charge in [-0.3, -0.25) is 19.2 Å². The fourth-order valence-electron chi connectivity index (χ4n) is 7.84. The molecule has 0 unspecified atom stereocenters. The molecule has 2 aliphatic rings. The molecule has 0 aliphatic heterocycles. The zero-order valence-corrected chi connectivity index (χ0v) is 42.8. The second-order valence-corrected chi connectivity index (χ2v) is 20.6. The van der Waals surface area contributed by atoms with Gasteiger partial charge in [0, 0.05) is 23.0 Å². The van der Waals surface area contributed by atoms with Gasteiger partial charge in [0.25, 0.3) is 0 Å². The molecule has 2 aliphatic carbocycles. The van der Waals surface area contributed by atoms with E-state index >= 15 is 0 Å². The molecule has 0 aromatic heterocycles. The Labute approximate surface area is 404 Å². The molecule has 0 bridgehead atoms. The van der Waals surface area contributed by atoms with Crippen molar-refractivity contribution >= 4 is 59.2 Å². The Balaban J connectivity index is 0.000000660. The Kier molecular flexibility index (Phi) is 31.1. The predicted molar refractivity (Wildman–Crippen MR) is 271 cm³/mol. The first-order chi connectivity index (χ1) is 31.2. The highest BCUT2D eigenvalue weighted by Crippen LogP contribution is 2.32. The summed E-state index contributed by atoms with van der Waals surface area (Å²) < 4.78 is 0. The quantitative estimate of drug-likeness (QED) is 0.0320. The summed E-state index contributed by atoms with van der Waals surface area (Å²) in [4.78, 5) is 71.2. The van der Waals surface area contributed by atoms with Crippen molar-refractivity contribution in [2.24, 2.45) is 23.7 Å². The summed E-state index contributed by atoms with van der Waals surface area (Å²) in [6.45, 7) is 17.0. The molecular formula is C52H82N2O10S2. The van der Waals surface area contributed by atoms with Crippen molar-refractivity contribution in [2.75, 3.05) is 23.0 Å². The van der Waals surface area contributed by atoms with Crippen molar-refractivity contribution in [3.63, 3.8) is 0 Å². The number of allylic oxidation sites excluding steroid dienone is 10. The van der Waals surface area contributed by atoms with Crippen molar-refractivity contribution in [3.05, 3.63) is 69.9 Å². The highest BCUT2D eigenvalue weighted by atomic mass is 32.2. The van der Waals surface area contributed by atoms with Crippen LogP contribution in [0.15, 0.2) is 69.9 Å². The van der Waals surface area contributed by atoms with E-state index in [9.17, 15) is 49.2 Å². The van der Waals surface area contributed by atoms with E-state index in [1.54, 1.807) is 0 Å². The molecule has 0 aromatic carbocycles. The fraction of sp³-hybridized carbons (Fsp3) is 0.654. The molecule has 6 N–H and O–H groups in total. The molecule has 0 radical (unpaired) electrons. The maximum Gasteiger partial charge on any atom is 0.327 e. The molecule has 66 heavy (non-hydrogen) atoms. The van der Waals surface area contributed by atoms with E-state index in [4.69, 9.17) is 0 Å². The Morgan fingerprint density at radius 3 is 1.03 bits per heavy atom. The summed E-state index contributed by atoms with van der Waals surface area (Å²) in [5.41, 5.74) is 8.02. The summed E-state index contributed by atoms with van der Waals surface area (Å²) in [7, 11) is 0. The van der Waals surface area contributed by atoms with Gasteiger partial charge in [0.15, 0.2) is 0 Å². The van der Waals surface area contributed by atoms with E-state index in [1.165, 1.54) is 57.0 Å². The second kappa shape index (κ2) is 34.3. The summed E-state index contributed by atoms with van der Waals surface area (Å²) in [5.74, 6) is -5.93. The number of hydrogen-bond donors (Lipinski definition) is 6. The van der Waals surface area contributed by atoms with E-state index in [0.717, 1.165) is 77.0 Å². The van der Waals surface area contributed by atoms with Gasteiger partial charge in [-0.15, -0.1) is 0 Å². The van der Waals surface area contributed by atoms with Gasteiger partial charge in [-0.05, 0) is 132 Å². The molecule has 0 heterocycles. The normalized spacial score (nSPS) is 20.1. The molecule has 2 saturated carbocycles. The van der Waals surface area contributed by atoms with Crippen molar-refractivity contribution in [3.8, 4) is 0 Å². The minimum Gasteiger partial charge on any atom is -0.481 e. The average molecular weight is 959 g/mol. The first kappa shape index (κ1) is 60.0. The molecule has 14 heteroatoms. The van der Waals surface area contributed by atoms with E-state index < -0.39 is 71.4 Å². The lowest BCUT2D eigenvalue weighted by molar-refractivity contribution is -0.150. The number of carboxylic acid groups (broad SMARTS) is 4. The lowest BCUT2D eigenvalue weighted by Gasteiger charge is -2.28. The summed E-state index contributed by atoms with van der Waals surface area (Å²) in [6.07, 6.45) is 26.6. The molecule has 6 atom stereocenters. The van der Waals surface area contributed by atoms with Crippen LogP contribution < -0.4 is 10.6 Å². The molecule has 2 rings (SSSR count). The highest BCUT2D eigenvalue weighted by molar-refractivity contribution is 7.99.